The number of esters is 1. The Kier molecular flexibility index (Phi) is 5.45. The van der Waals surface area contributed by atoms with Gasteiger partial charge in [-0.1, -0.05) is 23.2 Å². The molecule has 4 nitrogen and oxygen atoms in total. The van der Waals surface area contributed by atoms with Gasteiger partial charge in [-0.2, -0.15) is 0 Å². The van der Waals surface area contributed by atoms with Crippen LogP contribution in [-0.2, 0) is 4.74 Å². The summed E-state index contributed by atoms with van der Waals surface area (Å²) in [4.78, 5) is 14.1. The zero-order valence-electron chi connectivity index (χ0n) is 10.5. The van der Waals surface area contributed by atoms with E-state index in [0.717, 1.165) is 32.7 Å². The third-order valence-electron chi connectivity index (χ3n) is 3.01. The fourth-order valence-electron chi connectivity index (χ4n) is 1.91. The molecule has 1 aromatic rings. The minimum absolute atomic E-state index is 0.359. The first-order valence-electron chi connectivity index (χ1n) is 6.22. The highest BCUT2D eigenvalue weighted by Gasteiger charge is 2.12. The number of halogens is 2. The van der Waals surface area contributed by atoms with E-state index in [-0.39, 0.29) is 5.97 Å². The van der Waals surface area contributed by atoms with E-state index < -0.39 is 0 Å². The molecule has 1 saturated heterocycles. The van der Waals surface area contributed by atoms with Crippen molar-refractivity contribution in [2.45, 2.75) is 0 Å². The number of carbonyl (C=O) groups excluding carboxylic acids is 1. The van der Waals surface area contributed by atoms with Crippen molar-refractivity contribution in [3.63, 3.8) is 0 Å². The summed E-state index contributed by atoms with van der Waals surface area (Å²) < 4.78 is 5.22. The van der Waals surface area contributed by atoms with E-state index in [9.17, 15) is 4.79 Å². The van der Waals surface area contributed by atoms with Crippen LogP contribution in [0.25, 0.3) is 0 Å². The lowest BCUT2D eigenvalue weighted by Crippen LogP contribution is -2.44. The highest BCUT2D eigenvalue weighted by molar-refractivity contribution is 6.42. The summed E-state index contributed by atoms with van der Waals surface area (Å²) >= 11 is 11.7. The molecule has 0 unspecified atom stereocenters. The van der Waals surface area contributed by atoms with Gasteiger partial charge < -0.3 is 10.1 Å². The Morgan fingerprint density at radius 1 is 1.26 bits per heavy atom. The van der Waals surface area contributed by atoms with Crippen molar-refractivity contribution in [2.24, 2.45) is 0 Å². The summed E-state index contributed by atoms with van der Waals surface area (Å²) in [6.45, 7) is 5.10. The number of piperazine rings is 1. The SMILES string of the molecule is O=C(OCCN1CCNCC1)c1ccc(Cl)c(Cl)c1. The molecule has 0 saturated carbocycles. The maximum absolute atomic E-state index is 11.8. The summed E-state index contributed by atoms with van der Waals surface area (Å²) in [5, 5.41) is 4.06. The molecule has 1 fully saturated rings. The molecule has 0 aliphatic carbocycles. The van der Waals surface area contributed by atoms with Gasteiger partial charge in [0.05, 0.1) is 15.6 Å². The van der Waals surface area contributed by atoms with Crippen LogP contribution >= 0.6 is 23.2 Å². The molecular weight excluding hydrogens is 287 g/mol. The molecule has 1 N–H and O–H groups in total. The number of nitrogens with zero attached hydrogens (tertiary/aromatic N) is 1. The van der Waals surface area contributed by atoms with E-state index >= 15 is 0 Å². The highest BCUT2D eigenvalue weighted by Crippen LogP contribution is 2.22. The van der Waals surface area contributed by atoms with Crippen LogP contribution in [0, 0.1) is 0 Å². The number of benzene rings is 1. The predicted molar refractivity (Wildman–Crippen MR) is 76.1 cm³/mol. The van der Waals surface area contributed by atoms with Crippen LogP contribution in [0.5, 0.6) is 0 Å². The Morgan fingerprint density at radius 3 is 2.68 bits per heavy atom. The first kappa shape index (κ1) is 14.6. The van der Waals surface area contributed by atoms with Gasteiger partial charge in [0.2, 0.25) is 0 Å². The lowest BCUT2D eigenvalue weighted by atomic mass is 10.2. The molecule has 1 aliphatic rings. The van der Waals surface area contributed by atoms with E-state index in [1.165, 1.54) is 6.07 Å². The lowest BCUT2D eigenvalue weighted by Gasteiger charge is -2.26. The van der Waals surface area contributed by atoms with Gasteiger partial charge in [0.15, 0.2) is 0 Å². The van der Waals surface area contributed by atoms with Crippen molar-refractivity contribution in [3.05, 3.63) is 33.8 Å². The number of ether oxygens (including phenoxy) is 1. The summed E-state index contributed by atoms with van der Waals surface area (Å²) in [5.41, 5.74) is 0.426. The minimum Gasteiger partial charge on any atom is -0.461 e. The number of hydrogen-bond donors (Lipinski definition) is 1. The van der Waals surface area contributed by atoms with Crippen molar-refractivity contribution in [2.75, 3.05) is 39.3 Å². The number of nitrogens with one attached hydrogen (secondary N) is 1. The summed E-state index contributed by atoms with van der Waals surface area (Å²) in [7, 11) is 0. The zero-order valence-corrected chi connectivity index (χ0v) is 12.0. The fraction of sp³-hybridized carbons (Fsp3) is 0.462. The van der Waals surface area contributed by atoms with E-state index in [1.54, 1.807) is 12.1 Å². The lowest BCUT2D eigenvalue weighted by molar-refractivity contribution is 0.0456. The van der Waals surface area contributed by atoms with Gasteiger partial charge in [-0.3, -0.25) is 4.90 Å². The monoisotopic (exact) mass is 302 g/mol. The predicted octanol–water partition coefficient (Wildman–Crippen LogP) is 2.06. The van der Waals surface area contributed by atoms with Gasteiger partial charge in [0.1, 0.15) is 6.61 Å². The maximum atomic E-state index is 11.8. The fourth-order valence-corrected chi connectivity index (χ4v) is 2.21. The first-order valence-corrected chi connectivity index (χ1v) is 6.97. The Bertz CT molecular complexity index is 448. The second kappa shape index (κ2) is 7.10. The molecular formula is C13H16Cl2N2O2. The van der Waals surface area contributed by atoms with Crippen LogP contribution < -0.4 is 5.32 Å². The minimum atomic E-state index is -0.367. The first-order chi connectivity index (χ1) is 9.16. The largest absolute Gasteiger partial charge is 0.461 e. The standard InChI is InChI=1S/C13H16Cl2N2O2/c14-11-2-1-10(9-12(11)15)13(18)19-8-7-17-5-3-16-4-6-17/h1-2,9,16H,3-8H2. The third-order valence-corrected chi connectivity index (χ3v) is 3.74. The van der Waals surface area contributed by atoms with Crippen LogP contribution in [0.1, 0.15) is 10.4 Å². The molecule has 6 heteroatoms. The van der Waals surface area contributed by atoms with Gasteiger partial charge in [-0.05, 0) is 18.2 Å². The maximum Gasteiger partial charge on any atom is 0.338 e. The number of carbonyl (C=O) groups is 1. The van der Waals surface area contributed by atoms with Crippen LogP contribution in [0.3, 0.4) is 0 Å². The van der Waals surface area contributed by atoms with E-state index in [1.807, 2.05) is 0 Å². The molecule has 104 valence electrons. The molecule has 2 rings (SSSR count). The van der Waals surface area contributed by atoms with Gasteiger partial charge >= 0.3 is 5.97 Å². The molecule has 1 aliphatic heterocycles. The second-order valence-electron chi connectivity index (χ2n) is 4.36. The Morgan fingerprint density at radius 2 is 2.00 bits per heavy atom. The molecule has 0 amide bonds. The molecule has 0 aromatic heterocycles. The van der Waals surface area contributed by atoms with Gasteiger partial charge in [0.25, 0.3) is 0 Å². The van der Waals surface area contributed by atoms with Crippen molar-refractivity contribution < 1.29 is 9.53 Å². The zero-order chi connectivity index (χ0) is 13.7. The second-order valence-corrected chi connectivity index (χ2v) is 5.17. The van der Waals surface area contributed by atoms with Crippen molar-refractivity contribution in [1.29, 1.82) is 0 Å². The third kappa shape index (κ3) is 4.35. The molecule has 0 radical (unpaired) electrons. The highest BCUT2D eigenvalue weighted by atomic mass is 35.5. The molecule has 0 spiro atoms. The number of hydrogen-bond acceptors (Lipinski definition) is 4. The van der Waals surface area contributed by atoms with Crippen LogP contribution in [0.15, 0.2) is 18.2 Å². The average molecular weight is 303 g/mol. The summed E-state index contributed by atoms with van der Waals surface area (Å²) in [6.07, 6.45) is 0. The Hall–Kier alpha value is -0.810. The van der Waals surface area contributed by atoms with Crippen LogP contribution in [0.2, 0.25) is 10.0 Å². The van der Waals surface area contributed by atoms with E-state index in [4.69, 9.17) is 27.9 Å². The molecule has 1 heterocycles. The Balaban J connectivity index is 1.78. The molecule has 19 heavy (non-hydrogen) atoms. The van der Waals surface area contributed by atoms with Crippen LogP contribution in [0.4, 0.5) is 0 Å². The van der Waals surface area contributed by atoms with Gasteiger partial charge in [-0.25, -0.2) is 4.79 Å². The smallest absolute Gasteiger partial charge is 0.338 e. The van der Waals surface area contributed by atoms with E-state index in [0.29, 0.717) is 22.2 Å². The quantitative estimate of drug-likeness (QED) is 0.865. The normalized spacial score (nSPS) is 16.3. The number of rotatable bonds is 4. The molecule has 0 bridgehead atoms. The van der Waals surface area contributed by atoms with Gasteiger partial charge in [-0.15, -0.1) is 0 Å². The average Bonchev–Trinajstić information content (AvgIpc) is 2.43. The van der Waals surface area contributed by atoms with Gasteiger partial charge in [0, 0.05) is 32.7 Å². The van der Waals surface area contributed by atoms with E-state index in [2.05, 4.69) is 10.2 Å². The summed E-state index contributed by atoms with van der Waals surface area (Å²) in [6, 6.07) is 4.73. The topological polar surface area (TPSA) is 41.6 Å². The summed E-state index contributed by atoms with van der Waals surface area (Å²) in [5.74, 6) is -0.367. The van der Waals surface area contributed by atoms with Crippen molar-refractivity contribution >= 4 is 29.2 Å². The van der Waals surface area contributed by atoms with Crippen molar-refractivity contribution in [1.82, 2.24) is 10.2 Å². The van der Waals surface area contributed by atoms with Crippen LogP contribution in [-0.4, -0.2) is 50.2 Å². The molecule has 1 aromatic carbocycles. The van der Waals surface area contributed by atoms with Crippen molar-refractivity contribution in [3.8, 4) is 0 Å². The Labute approximate surface area is 122 Å². The molecule has 0 atom stereocenters.